The number of hydrogen-bond donors (Lipinski definition) is 0. The van der Waals surface area contributed by atoms with E-state index in [1.165, 1.54) is 6.07 Å². The van der Waals surface area contributed by atoms with E-state index >= 15 is 0 Å². The number of hydrogen-bond acceptors (Lipinski definition) is 1. The molecule has 0 saturated heterocycles. The van der Waals surface area contributed by atoms with Crippen LogP contribution in [0, 0.1) is 5.82 Å². The van der Waals surface area contributed by atoms with Crippen LogP contribution in [0.3, 0.4) is 0 Å². The second-order valence-electron chi connectivity index (χ2n) is 3.75. The van der Waals surface area contributed by atoms with Gasteiger partial charge in [-0.1, -0.05) is 6.07 Å². The average Bonchev–Trinajstić information content (AvgIpc) is 2.90. The second-order valence-corrected chi connectivity index (χ2v) is 3.75. The lowest BCUT2D eigenvalue weighted by atomic mass is 10.2. The summed E-state index contributed by atoms with van der Waals surface area (Å²) in [5.74, 6) is -0.177. The predicted octanol–water partition coefficient (Wildman–Crippen LogP) is 3.42. The van der Waals surface area contributed by atoms with Crippen molar-refractivity contribution in [2.45, 2.75) is 6.54 Å². The van der Waals surface area contributed by atoms with Crippen molar-refractivity contribution >= 4 is 10.9 Å². The molecule has 0 fully saturated rings. The summed E-state index contributed by atoms with van der Waals surface area (Å²) in [6, 6.07) is 8.82. The summed E-state index contributed by atoms with van der Waals surface area (Å²) >= 11 is 0. The van der Waals surface area contributed by atoms with Gasteiger partial charge in [0.25, 0.3) is 0 Å². The number of fused-ring (bicyclic) bond motifs is 1. The minimum atomic E-state index is -0.177. The molecule has 0 unspecified atom stereocenters. The first-order valence-corrected chi connectivity index (χ1v) is 5.09. The molecule has 16 heavy (non-hydrogen) atoms. The zero-order chi connectivity index (χ0) is 11.0. The molecule has 0 spiro atoms. The van der Waals surface area contributed by atoms with Gasteiger partial charge in [-0.2, -0.15) is 0 Å². The van der Waals surface area contributed by atoms with Crippen LogP contribution in [-0.4, -0.2) is 4.57 Å². The number of aromatic nitrogens is 1. The third-order valence-corrected chi connectivity index (χ3v) is 2.69. The van der Waals surface area contributed by atoms with E-state index in [1.54, 1.807) is 24.7 Å². The highest BCUT2D eigenvalue weighted by molar-refractivity contribution is 5.80. The van der Waals surface area contributed by atoms with Crippen LogP contribution < -0.4 is 0 Å². The maximum atomic E-state index is 13.4. The Morgan fingerprint density at radius 2 is 2.12 bits per heavy atom. The minimum absolute atomic E-state index is 0.177. The third kappa shape index (κ3) is 1.41. The van der Waals surface area contributed by atoms with Gasteiger partial charge in [-0.15, -0.1) is 0 Å². The Hall–Kier alpha value is -2.03. The number of nitrogens with zero attached hydrogens (tertiary/aromatic N) is 1. The van der Waals surface area contributed by atoms with E-state index in [4.69, 9.17) is 4.42 Å². The lowest BCUT2D eigenvalue weighted by Crippen LogP contribution is -1.96. The van der Waals surface area contributed by atoms with E-state index in [0.717, 1.165) is 11.1 Å². The van der Waals surface area contributed by atoms with Crippen LogP contribution in [0.2, 0.25) is 0 Å². The molecule has 0 N–H and O–H groups in total. The van der Waals surface area contributed by atoms with Gasteiger partial charge >= 0.3 is 0 Å². The average molecular weight is 215 g/mol. The molecule has 0 bridgehead atoms. The maximum Gasteiger partial charge on any atom is 0.132 e. The first-order chi connectivity index (χ1) is 7.84. The zero-order valence-electron chi connectivity index (χ0n) is 8.56. The standard InChI is InChI=1S/C13H10FNO/c14-12-2-1-3-13-11(12)4-6-15(13)8-10-5-7-16-9-10/h1-7,9H,8H2. The van der Waals surface area contributed by atoms with Crippen molar-refractivity contribution in [2.24, 2.45) is 0 Å². The number of rotatable bonds is 2. The molecule has 3 aromatic rings. The van der Waals surface area contributed by atoms with Crippen LogP contribution >= 0.6 is 0 Å². The van der Waals surface area contributed by atoms with Crippen LogP contribution in [0.5, 0.6) is 0 Å². The van der Waals surface area contributed by atoms with Gasteiger partial charge in [0.1, 0.15) is 5.82 Å². The van der Waals surface area contributed by atoms with E-state index in [2.05, 4.69) is 0 Å². The molecular weight excluding hydrogens is 205 g/mol. The van der Waals surface area contributed by atoms with Crippen molar-refractivity contribution in [3.63, 3.8) is 0 Å². The normalized spacial score (nSPS) is 11.1. The quantitative estimate of drug-likeness (QED) is 0.640. The van der Waals surface area contributed by atoms with E-state index in [9.17, 15) is 4.39 Å². The summed E-state index contributed by atoms with van der Waals surface area (Å²) in [7, 11) is 0. The van der Waals surface area contributed by atoms with E-state index in [0.29, 0.717) is 11.9 Å². The zero-order valence-corrected chi connectivity index (χ0v) is 8.56. The van der Waals surface area contributed by atoms with Gasteiger partial charge in [-0.05, 0) is 24.3 Å². The Kier molecular flexibility index (Phi) is 2.03. The molecule has 0 amide bonds. The van der Waals surface area contributed by atoms with Crippen molar-refractivity contribution < 1.29 is 8.81 Å². The summed E-state index contributed by atoms with van der Waals surface area (Å²) in [4.78, 5) is 0. The third-order valence-electron chi connectivity index (χ3n) is 2.69. The number of benzene rings is 1. The monoisotopic (exact) mass is 215 g/mol. The first kappa shape index (κ1) is 9.21. The molecule has 3 heteroatoms. The molecule has 0 radical (unpaired) electrons. The van der Waals surface area contributed by atoms with Gasteiger partial charge < -0.3 is 8.98 Å². The van der Waals surface area contributed by atoms with E-state index in [1.807, 2.05) is 22.9 Å². The van der Waals surface area contributed by atoms with Crippen LogP contribution in [0.15, 0.2) is 53.5 Å². The van der Waals surface area contributed by atoms with Crippen LogP contribution in [0.25, 0.3) is 10.9 Å². The van der Waals surface area contributed by atoms with Gasteiger partial charge in [0.15, 0.2) is 0 Å². The molecule has 0 aliphatic heterocycles. The fraction of sp³-hybridized carbons (Fsp3) is 0.0769. The predicted molar refractivity (Wildman–Crippen MR) is 59.7 cm³/mol. The summed E-state index contributed by atoms with van der Waals surface area (Å²) in [5.41, 5.74) is 1.97. The molecule has 2 aromatic heterocycles. The minimum Gasteiger partial charge on any atom is -0.472 e. The van der Waals surface area contributed by atoms with Gasteiger partial charge in [0.2, 0.25) is 0 Å². The second kappa shape index (κ2) is 3.52. The Morgan fingerprint density at radius 3 is 2.94 bits per heavy atom. The van der Waals surface area contributed by atoms with Crippen molar-refractivity contribution in [3.05, 3.63) is 60.4 Å². The first-order valence-electron chi connectivity index (χ1n) is 5.09. The molecule has 0 saturated carbocycles. The van der Waals surface area contributed by atoms with E-state index in [-0.39, 0.29) is 5.82 Å². The summed E-state index contributed by atoms with van der Waals surface area (Å²) in [5, 5.41) is 0.658. The fourth-order valence-electron chi connectivity index (χ4n) is 1.90. The number of halogens is 1. The van der Waals surface area contributed by atoms with Crippen LogP contribution in [-0.2, 0) is 6.54 Å². The highest BCUT2D eigenvalue weighted by atomic mass is 19.1. The Morgan fingerprint density at radius 1 is 1.19 bits per heavy atom. The topological polar surface area (TPSA) is 18.1 Å². The molecule has 2 nitrogen and oxygen atoms in total. The molecule has 1 aromatic carbocycles. The molecule has 2 heterocycles. The highest BCUT2D eigenvalue weighted by Crippen LogP contribution is 2.20. The maximum absolute atomic E-state index is 13.4. The summed E-state index contributed by atoms with van der Waals surface area (Å²) in [6.45, 7) is 0.698. The van der Waals surface area contributed by atoms with Gasteiger partial charge in [-0.3, -0.25) is 0 Å². The molecule has 0 atom stereocenters. The van der Waals surface area contributed by atoms with Gasteiger partial charge in [0.05, 0.1) is 24.6 Å². The lowest BCUT2D eigenvalue weighted by Gasteiger charge is -2.02. The van der Waals surface area contributed by atoms with Crippen molar-refractivity contribution in [1.82, 2.24) is 4.57 Å². The molecule has 80 valence electrons. The summed E-state index contributed by atoms with van der Waals surface area (Å²) < 4.78 is 20.5. The van der Waals surface area contributed by atoms with Crippen molar-refractivity contribution in [1.29, 1.82) is 0 Å². The van der Waals surface area contributed by atoms with Gasteiger partial charge in [0, 0.05) is 17.1 Å². The van der Waals surface area contributed by atoms with Gasteiger partial charge in [-0.25, -0.2) is 4.39 Å². The Balaban J connectivity index is 2.08. The Bertz CT molecular complexity index is 610. The van der Waals surface area contributed by atoms with E-state index < -0.39 is 0 Å². The largest absolute Gasteiger partial charge is 0.472 e. The summed E-state index contributed by atoms with van der Waals surface area (Å²) in [6.07, 6.45) is 5.23. The van der Waals surface area contributed by atoms with Crippen molar-refractivity contribution in [2.75, 3.05) is 0 Å². The smallest absolute Gasteiger partial charge is 0.132 e. The number of furan rings is 1. The fourth-order valence-corrected chi connectivity index (χ4v) is 1.90. The SMILES string of the molecule is Fc1cccc2c1ccn2Cc1ccoc1. The van der Waals surface area contributed by atoms with Crippen LogP contribution in [0.1, 0.15) is 5.56 Å². The lowest BCUT2D eigenvalue weighted by molar-refractivity contribution is 0.562. The van der Waals surface area contributed by atoms with Crippen molar-refractivity contribution in [3.8, 4) is 0 Å². The highest BCUT2D eigenvalue weighted by Gasteiger charge is 2.05. The molecule has 0 aliphatic carbocycles. The molecule has 0 aliphatic rings. The van der Waals surface area contributed by atoms with Crippen LogP contribution in [0.4, 0.5) is 4.39 Å². The molecular formula is C13H10FNO. The molecule has 3 rings (SSSR count). The Labute approximate surface area is 91.9 Å².